The van der Waals surface area contributed by atoms with Crippen LogP contribution < -0.4 is 0 Å². The molecule has 4 heterocycles. The molecule has 210 valence electrons. The van der Waals surface area contributed by atoms with E-state index in [-0.39, 0.29) is 0 Å². The Bertz CT molecular complexity index is 732. The van der Waals surface area contributed by atoms with Gasteiger partial charge in [0.25, 0.3) is 0 Å². The third-order valence-electron chi connectivity index (χ3n) is 5.19. The molecule has 4 aliphatic heterocycles. The summed E-state index contributed by atoms with van der Waals surface area (Å²) in [5.74, 6) is 0. The molecule has 37 heavy (non-hydrogen) atoms. The Morgan fingerprint density at radius 2 is 0.459 bits per heavy atom. The summed E-state index contributed by atoms with van der Waals surface area (Å²) in [6.07, 6.45) is 0. The predicted molar refractivity (Wildman–Crippen MR) is 149 cm³/mol. The molecule has 0 unspecified atom stereocenters. The normalized spacial score (nSPS) is 25.9. The van der Waals surface area contributed by atoms with Crippen molar-refractivity contribution in [1.29, 1.82) is 0 Å². The lowest BCUT2D eigenvalue weighted by Gasteiger charge is -2.10. The monoisotopic (exact) mass is 596 g/mol. The zero-order chi connectivity index (χ0) is 25.4. The van der Waals surface area contributed by atoms with Crippen molar-refractivity contribution in [2.24, 2.45) is 0 Å². The molecule has 0 atom stereocenters. The van der Waals surface area contributed by atoms with Gasteiger partial charge in [0.1, 0.15) is 0 Å². The Balaban J connectivity index is 1.35. The Labute approximate surface area is 236 Å². The fraction of sp³-hybridized carbons (Fsp3) is 0.750. The molecule has 0 radical (unpaired) electrons. The SMILES string of the molecule is C1COCCOCC2=C(COCCOCCO1)SC(=C1SC3=C(COCCOCCOCCOC3)S1)S2. The quantitative estimate of drug-likeness (QED) is 0.408. The van der Waals surface area contributed by atoms with Gasteiger partial charge in [0.15, 0.2) is 0 Å². The Morgan fingerprint density at radius 3 is 0.676 bits per heavy atom. The van der Waals surface area contributed by atoms with Gasteiger partial charge in [0.2, 0.25) is 0 Å². The van der Waals surface area contributed by atoms with E-state index in [1.54, 1.807) is 47.0 Å². The van der Waals surface area contributed by atoms with E-state index >= 15 is 0 Å². The number of thioether (sulfide) groups is 4. The van der Waals surface area contributed by atoms with Crippen molar-refractivity contribution in [3.63, 3.8) is 0 Å². The summed E-state index contributed by atoms with van der Waals surface area (Å²) in [5, 5.41) is 0. The maximum absolute atomic E-state index is 5.94. The molecule has 0 bridgehead atoms. The van der Waals surface area contributed by atoms with Crippen molar-refractivity contribution in [3.8, 4) is 0 Å². The first-order valence-electron chi connectivity index (χ1n) is 12.5. The van der Waals surface area contributed by atoms with Crippen LogP contribution in [0.25, 0.3) is 0 Å². The van der Waals surface area contributed by atoms with Crippen molar-refractivity contribution in [2.75, 3.05) is 119 Å². The second kappa shape index (κ2) is 18.6. The molecular formula is C24H36O9S4. The van der Waals surface area contributed by atoms with Crippen LogP contribution in [-0.4, -0.2) is 119 Å². The third-order valence-corrected chi connectivity index (χ3v) is 11.0. The topological polar surface area (TPSA) is 83.1 Å². The van der Waals surface area contributed by atoms with E-state index in [2.05, 4.69) is 0 Å². The van der Waals surface area contributed by atoms with Gasteiger partial charge in [-0.25, -0.2) is 0 Å². The average Bonchev–Trinajstić information content (AvgIpc) is 3.50. The highest BCUT2D eigenvalue weighted by Crippen LogP contribution is 2.59. The molecule has 0 saturated carbocycles. The zero-order valence-corrected chi connectivity index (χ0v) is 24.3. The second-order valence-electron chi connectivity index (χ2n) is 7.95. The van der Waals surface area contributed by atoms with E-state index < -0.39 is 0 Å². The summed E-state index contributed by atoms with van der Waals surface area (Å²) in [5.41, 5.74) is 0. The fourth-order valence-corrected chi connectivity index (χ4v) is 8.85. The van der Waals surface area contributed by atoms with Crippen LogP contribution in [0.5, 0.6) is 0 Å². The van der Waals surface area contributed by atoms with Gasteiger partial charge in [-0.05, 0) is 0 Å². The molecule has 0 saturated heterocycles. The van der Waals surface area contributed by atoms with Crippen LogP contribution in [-0.2, 0) is 42.6 Å². The minimum absolute atomic E-state index is 0.540. The number of rotatable bonds is 0. The highest BCUT2D eigenvalue weighted by molar-refractivity contribution is 8.34. The standard InChI is InChI=1S/C24H36O9S4/c1-3-26-7-11-30-15-19-20(16-31-12-8-27-4-2-25-1)35-23(34-19)24-36-21-17-32-13-9-28-5-6-29-10-14-33-18-22(21)37-24/h1-18H2. The van der Waals surface area contributed by atoms with Crippen LogP contribution in [0, 0.1) is 0 Å². The van der Waals surface area contributed by atoms with Crippen molar-refractivity contribution in [2.45, 2.75) is 0 Å². The fourth-order valence-electron chi connectivity index (χ4n) is 3.32. The van der Waals surface area contributed by atoms with Gasteiger partial charge in [-0.15, -0.1) is 0 Å². The van der Waals surface area contributed by atoms with E-state index in [0.29, 0.717) is 119 Å². The first-order valence-corrected chi connectivity index (χ1v) is 15.8. The molecule has 0 aromatic heterocycles. The molecule has 9 nitrogen and oxygen atoms in total. The minimum Gasteiger partial charge on any atom is -0.377 e. The van der Waals surface area contributed by atoms with E-state index in [1.165, 1.54) is 28.1 Å². The minimum atomic E-state index is 0.540. The maximum Gasteiger partial charge on any atom is 0.0789 e. The molecule has 0 fully saturated rings. The zero-order valence-electron chi connectivity index (χ0n) is 21.0. The number of hydrogen-bond donors (Lipinski definition) is 0. The summed E-state index contributed by atoms with van der Waals surface area (Å²) >= 11 is 7.10. The highest BCUT2D eigenvalue weighted by atomic mass is 32.2. The van der Waals surface area contributed by atoms with Crippen molar-refractivity contribution in [1.82, 2.24) is 0 Å². The average molecular weight is 597 g/mol. The summed E-state index contributed by atoms with van der Waals surface area (Å²) in [6.45, 7) is 10.0. The molecule has 13 heteroatoms. The smallest absolute Gasteiger partial charge is 0.0789 e. The van der Waals surface area contributed by atoms with Crippen LogP contribution in [0.3, 0.4) is 0 Å². The summed E-state index contributed by atoms with van der Waals surface area (Å²) < 4.78 is 53.9. The van der Waals surface area contributed by atoms with E-state index in [4.69, 9.17) is 42.6 Å². The largest absolute Gasteiger partial charge is 0.377 e. The van der Waals surface area contributed by atoms with Gasteiger partial charge in [-0.1, -0.05) is 47.0 Å². The van der Waals surface area contributed by atoms with Gasteiger partial charge in [0, 0.05) is 19.6 Å². The van der Waals surface area contributed by atoms with Gasteiger partial charge in [-0.3, -0.25) is 0 Å². The van der Waals surface area contributed by atoms with Gasteiger partial charge >= 0.3 is 0 Å². The lowest BCUT2D eigenvalue weighted by molar-refractivity contribution is -0.00677. The number of ether oxygens (including phenoxy) is 9. The van der Waals surface area contributed by atoms with E-state index in [0.717, 1.165) is 0 Å². The molecular weight excluding hydrogens is 561 g/mol. The molecule has 0 N–H and O–H groups in total. The van der Waals surface area contributed by atoms with Crippen LogP contribution in [0.1, 0.15) is 0 Å². The Kier molecular flexibility index (Phi) is 15.2. The first kappa shape index (κ1) is 30.2. The third kappa shape index (κ3) is 11.3. The van der Waals surface area contributed by atoms with Crippen LogP contribution in [0.2, 0.25) is 0 Å². The van der Waals surface area contributed by atoms with Gasteiger partial charge in [0.05, 0.1) is 127 Å². The van der Waals surface area contributed by atoms with Crippen LogP contribution >= 0.6 is 47.0 Å². The lowest BCUT2D eigenvalue weighted by atomic mass is 10.5. The molecule has 0 aromatic rings. The van der Waals surface area contributed by atoms with Crippen molar-refractivity contribution in [3.05, 3.63) is 28.1 Å². The lowest BCUT2D eigenvalue weighted by Crippen LogP contribution is -2.13. The highest BCUT2D eigenvalue weighted by Gasteiger charge is 2.30. The summed E-state index contributed by atoms with van der Waals surface area (Å²) in [7, 11) is 0. The van der Waals surface area contributed by atoms with E-state index in [9.17, 15) is 0 Å². The summed E-state index contributed by atoms with van der Waals surface area (Å²) in [6, 6.07) is 0. The Hall–Kier alpha value is 0.260. The van der Waals surface area contributed by atoms with Crippen LogP contribution in [0.4, 0.5) is 0 Å². The summed E-state index contributed by atoms with van der Waals surface area (Å²) in [4.78, 5) is 4.79. The molecule has 0 aromatic carbocycles. The van der Waals surface area contributed by atoms with Crippen LogP contribution in [0.15, 0.2) is 28.1 Å². The van der Waals surface area contributed by atoms with Crippen molar-refractivity contribution >= 4 is 47.0 Å². The van der Waals surface area contributed by atoms with Gasteiger partial charge in [-0.2, -0.15) is 0 Å². The maximum atomic E-state index is 5.94. The molecule has 0 spiro atoms. The molecule has 0 aliphatic carbocycles. The molecule has 0 amide bonds. The van der Waals surface area contributed by atoms with Gasteiger partial charge < -0.3 is 42.6 Å². The number of hydrogen-bond acceptors (Lipinski definition) is 13. The molecule has 4 rings (SSSR count). The Morgan fingerprint density at radius 1 is 0.270 bits per heavy atom. The second-order valence-corrected chi connectivity index (χ2v) is 12.9. The predicted octanol–water partition coefficient (Wildman–Crippen LogP) is 3.67. The first-order chi connectivity index (χ1) is 18.4. The van der Waals surface area contributed by atoms with Crippen molar-refractivity contribution < 1.29 is 42.6 Å². The van der Waals surface area contributed by atoms with E-state index in [1.807, 2.05) is 0 Å². The molecule has 4 aliphatic rings.